The molecule has 0 N–H and O–H groups in total. The number of rotatable bonds is 5. The van der Waals surface area contributed by atoms with Crippen molar-refractivity contribution in [3.05, 3.63) is 24.0 Å². The van der Waals surface area contributed by atoms with Gasteiger partial charge in [0.2, 0.25) is 0 Å². The van der Waals surface area contributed by atoms with E-state index in [0.29, 0.717) is 18.1 Å². The van der Waals surface area contributed by atoms with Crippen LogP contribution >= 0.6 is 0 Å². The molecule has 3 heteroatoms. The van der Waals surface area contributed by atoms with Crippen LogP contribution in [0.3, 0.4) is 0 Å². The molecule has 1 heterocycles. The lowest BCUT2D eigenvalue weighted by molar-refractivity contribution is 0.120. The third kappa shape index (κ3) is 3.45. The highest BCUT2D eigenvalue weighted by atomic mass is 15.2. The summed E-state index contributed by atoms with van der Waals surface area (Å²) in [5, 5.41) is 0. The minimum atomic E-state index is 0.338. The number of pyridine rings is 1. The normalized spacial score (nSPS) is 13.4. The van der Waals surface area contributed by atoms with Crippen LogP contribution in [0.4, 0.5) is 5.69 Å². The average molecular weight is 249 g/mol. The fourth-order valence-electron chi connectivity index (χ4n) is 2.59. The maximum atomic E-state index is 4.54. The van der Waals surface area contributed by atoms with Gasteiger partial charge in [0.1, 0.15) is 0 Å². The van der Waals surface area contributed by atoms with E-state index in [1.54, 1.807) is 0 Å². The molecule has 3 nitrogen and oxygen atoms in total. The molecule has 0 amide bonds. The van der Waals surface area contributed by atoms with Crippen molar-refractivity contribution in [3.8, 4) is 0 Å². The molecule has 0 aromatic carbocycles. The van der Waals surface area contributed by atoms with Crippen LogP contribution in [0.1, 0.15) is 46.4 Å². The molecular weight excluding hydrogens is 222 g/mol. The lowest BCUT2D eigenvalue weighted by atomic mass is 10.1. The first-order valence-corrected chi connectivity index (χ1v) is 6.75. The van der Waals surface area contributed by atoms with Crippen LogP contribution in [0.15, 0.2) is 18.3 Å². The lowest BCUT2D eigenvalue weighted by Gasteiger charge is -2.36. The Morgan fingerprint density at radius 3 is 2.00 bits per heavy atom. The Morgan fingerprint density at radius 1 is 1.00 bits per heavy atom. The summed E-state index contributed by atoms with van der Waals surface area (Å²) in [6.07, 6.45) is 1.90. The maximum absolute atomic E-state index is 4.54. The van der Waals surface area contributed by atoms with Crippen LogP contribution in [0.5, 0.6) is 0 Å². The quantitative estimate of drug-likeness (QED) is 0.798. The van der Waals surface area contributed by atoms with Gasteiger partial charge < -0.3 is 4.90 Å². The molecule has 0 aliphatic carbocycles. The van der Waals surface area contributed by atoms with Gasteiger partial charge in [-0.2, -0.15) is 0 Å². The molecule has 0 spiro atoms. The Kier molecular flexibility index (Phi) is 5.15. The van der Waals surface area contributed by atoms with Crippen molar-refractivity contribution in [3.63, 3.8) is 0 Å². The first-order valence-electron chi connectivity index (χ1n) is 6.75. The molecular formula is C15H27N3. The Hall–Kier alpha value is -1.09. The minimum absolute atomic E-state index is 0.338. The van der Waals surface area contributed by atoms with Crippen molar-refractivity contribution in [2.24, 2.45) is 0 Å². The van der Waals surface area contributed by atoms with Gasteiger partial charge in [-0.3, -0.25) is 9.88 Å². The van der Waals surface area contributed by atoms with Gasteiger partial charge >= 0.3 is 0 Å². The highest BCUT2D eigenvalue weighted by molar-refractivity contribution is 5.45. The Labute approximate surface area is 112 Å². The SMILES string of the molecule is CC(C)N(C(C)C)C(C)c1cc(N(C)C)ccn1. The molecule has 0 aliphatic heterocycles. The largest absolute Gasteiger partial charge is 0.378 e. The van der Waals surface area contributed by atoms with E-state index in [2.05, 4.69) is 69.6 Å². The number of hydrogen-bond donors (Lipinski definition) is 0. The fraction of sp³-hybridized carbons (Fsp3) is 0.667. The molecule has 1 aromatic rings. The standard InChI is InChI=1S/C15H27N3/c1-11(2)18(12(3)4)13(5)15-10-14(17(6)7)8-9-16-15/h8-13H,1-7H3. The second-order valence-electron chi connectivity index (χ2n) is 5.64. The summed E-state index contributed by atoms with van der Waals surface area (Å²) in [6, 6.07) is 5.60. The van der Waals surface area contributed by atoms with Gasteiger partial charge in [-0.05, 0) is 46.8 Å². The zero-order chi connectivity index (χ0) is 13.9. The van der Waals surface area contributed by atoms with Gasteiger partial charge in [0, 0.05) is 44.1 Å². The first kappa shape index (κ1) is 15.0. The Balaban J connectivity index is 3.01. The molecule has 1 unspecified atom stereocenters. The summed E-state index contributed by atoms with van der Waals surface area (Å²) < 4.78 is 0. The van der Waals surface area contributed by atoms with Crippen LogP contribution in [-0.4, -0.2) is 36.1 Å². The average Bonchev–Trinajstić information content (AvgIpc) is 2.28. The molecule has 0 fully saturated rings. The molecule has 0 saturated heterocycles. The summed E-state index contributed by atoms with van der Waals surface area (Å²) >= 11 is 0. The van der Waals surface area contributed by atoms with E-state index in [4.69, 9.17) is 0 Å². The molecule has 102 valence electrons. The second-order valence-corrected chi connectivity index (χ2v) is 5.64. The van der Waals surface area contributed by atoms with E-state index in [0.717, 1.165) is 5.69 Å². The molecule has 0 radical (unpaired) electrons. The highest BCUT2D eigenvalue weighted by Gasteiger charge is 2.22. The van der Waals surface area contributed by atoms with Gasteiger partial charge in [-0.15, -0.1) is 0 Å². The van der Waals surface area contributed by atoms with Crippen molar-refractivity contribution in [2.45, 2.75) is 52.7 Å². The lowest BCUT2D eigenvalue weighted by Crippen LogP contribution is -2.39. The molecule has 0 bridgehead atoms. The van der Waals surface area contributed by atoms with Crippen molar-refractivity contribution >= 4 is 5.69 Å². The van der Waals surface area contributed by atoms with Crippen LogP contribution in [0.2, 0.25) is 0 Å². The third-order valence-corrected chi connectivity index (χ3v) is 3.35. The summed E-state index contributed by atoms with van der Waals surface area (Å²) in [5.41, 5.74) is 2.35. The van der Waals surface area contributed by atoms with Gasteiger partial charge in [0.25, 0.3) is 0 Å². The number of aromatic nitrogens is 1. The van der Waals surface area contributed by atoms with E-state index in [1.807, 2.05) is 12.3 Å². The molecule has 1 aromatic heterocycles. The van der Waals surface area contributed by atoms with E-state index in [-0.39, 0.29) is 0 Å². The monoisotopic (exact) mass is 249 g/mol. The topological polar surface area (TPSA) is 19.4 Å². The smallest absolute Gasteiger partial charge is 0.0593 e. The number of nitrogens with zero attached hydrogens (tertiary/aromatic N) is 3. The minimum Gasteiger partial charge on any atom is -0.378 e. The molecule has 18 heavy (non-hydrogen) atoms. The second kappa shape index (κ2) is 6.19. The maximum Gasteiger partial charge on any atom is 0.0593 e. The van der Waals surface area contributed by atoms with Gasteiger partial charge in [0.05, 0.1) is 5.69 Å². The zero-order valence-electron chi connectivity index (χ0n) is 12.8. The van der Waals surface area contributed by atoms with Gasteiger partial charge in [0.15, 0.2) is 0 Å². The van der Waals surface area contributed by atoms with Gasteiger partial charge in [-0.1, -0.05) is 0 Å². The zero-order valence-corrected chi connectivity index (χ0v) is 12.8. The van der Waals surface area contributed by atoms with Crippen LogP contribution in [0.25, 0.3) is 0 Å². The Morgan fingerprint density at radius 2 is 1.56 bits per heavy atom. The predicted octanol–water partition coefficient (Wildman–Crippen LogP) is 3.33. The summed E-state index contributed by atoms with van der Waals surface area (Å²) in [4.78, 5) is 9.14. The van der Waals surface area contributed by atoms with Crippen molar-refractivity contribution in [2.75, 3.05) is 19.0 Å². The number of hydrogen-bond acceptors (Lipinski definition) is 3. The molecule has 0 aliphatic rings. The number of anilines is 1. The van der Waals surface area contributed by atoms with Crippen LogP contribution in [0, 0.1) is 0 Å². The van der Waals surface area contributed by atoms with Crippen molar-refractivity contribution in [1.82, 2.24) is 9.88 Å². The molecule has 1 rings (SSSR count). The highest BCUT2D eigenvalue weighted by Crippen LogP contribution is 2.25. The first-order chi connectivity index (χ1) is 8.34. The van der Waals surface area contributed by atoms with Crippen molar-refractivity contribution < 1.29 is 0 Å². The van der Waals surface area contributed by atoms with E-state index in [1.165, 1.54) is 5.69 Å². The predicted molar refractivity (Wildman–Crippen MR) is 79.1 cm³/mol. The van der Waals surface area contributed by atoms with Crippen molar-refractivity contribution in [1.29, 1.82) is 0 Å². The third-order valence-electron chi connectivity index (χ3n) is 3.35. The fourth-order valence-corrected chi connectivity index (χ4v) is 2.59. The van der Waals surface area contributed by atoms with E-state index < -0.39 is 0 Å². The summed E-state index contributed by atoms with van der Waals surface area (Å²) in [5.74, 6) is 0. The van der Waals surface area contributed by atoms with Crippen LogP contribution < -0.4 is 4.90 Å². The van der Waals surface area contributed by atoms with E-state index in [9.17, 15) is 0 Å². The van der Waals surface area contributed by atoms with Crippen LogP contribution in [-0.2, 0) is 0 Å². The van der Waals surface area contributed by atoms with Gasteiger partial charge in [-0.25, -0.2) is 0 Å². The summed E-state index contributed by atoms with van der Waals surface area (Å²) in [6.45, 7) is 11.2. The molecule has 1 atom stereocenters. The Bertz CT molecular complexity index is 364. The molecule has 0 saturated carbocycles. The van der Waals surface area contributed by atoms with E-state index >= 15 is 0 Å². The summed E-state index contributed by atoms with van der Waals surface area (Å²) in [7, 11) is 4.12.